The molecule has 0 saturated carbocycles. The minimum atomic E-state index is -3.33. The number of nitrogens with one attached hydrogen (secondary N) is 1. The predicted molar refractivity (Wildman–Crippen MR) is 81.9 cm³/mol. The molecule has 2 unspecified atom stereocenters. The van der Waals surface area contributed by atoms with E-state index in [2.05, 4.69) is 5.32 Å². The summed E-state index contributed by atoms with van der Waals surface area (Å²) in [5, 5.41) is 3.35. The van der Waals surface area contributed by atoms with Crippen molar-refractivity contribution in [3.8, 4) is 0 Å². The summed E-state index contributed by atoms with van der Waals surface area (Å²) in [6.07, 6.45) is 0. The first-order valence-electron chi connectivity index (χ1n) is 6.14. The van der Waals surface area contributed by atoms with Crippen molar-refractivity contribution in [3.63, 3.8) is 0 Å². The molecule has 1 fully saturated rings. The summed E-state index contributed by atoms with van der Waals surface area (Å²) in [5.74, 6) is 0. The number of hydrogen-bond acceptors (Lipinski definition) is 4. The van der Waals surface area contributed by atoms with Gasteiger partial charge in [-0.05, 0) is 33.8 Å². The van der Waals surface area contributed by atoms with Crippen molar-refractivity contribution in [2.24, 2.45) is 0 Å². The first-order chi connectivity index (χ1) is 8.30. The van der Waals surface area contributed by atoms with Crippen molar-refractivity contribution in [1.82, 2.24) is 9.62 Å². The lowest BCUT2D eigenvalue weighted by atomic mass is 10.2. The normalized spacial score (nSPS) is 25.1. The van der Waals surface area contributed by atoms with E-state index in [1.807, 2.05) is 27.7 Å². The number of thiophene rings is 1. The van der Waals surface area contributed by atoms with Crippen LogP contribution in [0.15, 0.2) is 11.0 Å². The van der Waals surface area contributed by atoms with Crippen molar-refractivity contribution in [1.29, 1.82) is 0 Å². The molecular weight excluding hydrogens is 304 g/mol. The number of nitrogens with zero attached hydrogens (tertiary/aromatic N) is 1. The summed E-state index contributed by atoms with van der Waals surface area (Å²) in [7, 11) is -3.33. The molecule has 4 nitrogen and oxygen atoms in total. The zero-order valence-electron chi connectivity index (χ0n) is 11.6. The number of rotatable bonds is 2. The molecule has 0 aromatic carbocycles. The van der Waals surface area contributed by atoms with E-state index in [4.69, 9.17) is 0 Å². The average molecular weight is 325 g/mol. The van der Waals surface area contributed by atoms with Crippen molar-refractivity contribution < 1.29 is 8.42 Å². The average Bonchev–Trinajstić information content (AvgIpc) is 2.57. The molecule has 2 rings (SSSR count). The van der Waals surface area contributed by atoms with Crippen LogP contribution in [-0.4, -0.2) is 37.9 Å². The number of halogens is 1. The Morgan fingerprint density at radius 3 is 2.21 bits per heavy atom. The van der Waals surface area contributed by atoms with Gasteiger partial charge in [-0.2, -0.15) is 4.31 Å². The summed E-state index contributed by atoms with van der Waals surface area (Å²) in [6, 6.07) is 2.18. The maximum atomic E-state index is 12.6. The molecule has 7 heteroatoms. The molecule has 0 amide bonds. The fourth-order valence-electron chi connectivity index (χ4n) is 2.48. The molecule has 0 radical (unpaired) electrons. The second-order valence-electron chi connectivity index (χ2n) is 5.07. The summed E-state index contributed by atoms with van der Waals surface area (Å²) >= 11 is 1.54. The quantitative estimate of drug-likeness (QED) is 0.907. The third kappa shape index (κ3) is 3.49. The van der Waals surface area contributed by atoms with Crippen molar-refractivity contribution >= 4 is 33.8 Å². The van der Waals surface area contributed by atoms with Gasteiger partial charge in [-0.25, -0.2) is 8.42 Å². The van der Waals surface area contributed by atoms with Gasteiger partial charge >= 0.3 is 0 Å². The monoisotopic (exact) mass is 324 g/mol. The SMILES string of the molecule is Cc1cc(S(=O)(=O)N2CC(C)NC(C)C2)c(C)s1.Cl. The topological polar surface area (TPSA) is 49.4 Å². The van der Waals surface area contributed by atoms with Gasteiger partial charge in [-0.15, -0.1) is 23.7 Å². The van der Waals surface area contributed by atoms with Crippen LogP contribution in [0.4, 0.5) is 0 Å². The van der Waals surface area contributed by atoms with Gasteiger partial charge in [0.25, 0.3) is 0 Å². The molecule has 0 spiro atoms. The molecule has 0 aliphatic carbocycles. The van der Waals surface area contributed by atoms with Gasteiger partial charge in [0, 0.05) is 34.9 Å². The van der Waals surface area contributed by atoms with Crippen LogP contribution in [0.25, 0.3) is 0 Å². The Morgan fingerprint density at radius 1 is 1.26 bits per heavy atom. The maximum absolute atomic E-state index is 12.6. The molecular formula is C12H21ClN2O2S2. The predicted octanol–water partition coefficient (Wildman–Crippen LogP) is 2.16. The Morgan fingerprint density at radius 2 is 1.79 bits per heavy atom. The second kappa shape index (κ2) is 6.10. The highest BCUT2D eigenvalue weighted by Crippen LogP contribution is 2.28. The maximum Gasteiger partial charge on any atom is 0.244 e. The van der Waals surface area contributed by atoms with Gasteiger partial charge in [0.15, 0.2) is 0 Å². The number of hydrogen-bond donors (Lipinski definition) is 1. The summed E-state index contributed by atoms with van der Waals surface area (Å²) in [5.41, 5.74) is 0. The lowest BCUT2D eigenvalue weighted by Gasteiger charge is -2.35. The third-order valence-corrected chi connectivity index (χ3v) is 6.19. The Bertz CT molecular complexity index is 532. The van der Waals surface area contributed by atoms with Crippen LogP contribution in [0.2, 0.25) is 0 Å². The Kier molecular flexibility index (Phi) is 5.43. The van der Waals surface area contributed by atoms with Crippen LogP contribution in [0.1, 0.15) is 23.6 Å². The highest BCUT2D eigenvalue weighted by Gasteiger charge is 2.32. The van der Waals surface area contributed by atoms with Gasteiger partial charge in [0.05, 0.1) is 4.90 Å². The standard InChI is InChI=1S/C12H20N2O2S2.ClH/c1-8-6-14(7-9(2)13-8)18(15,16)12-5-10(3)17-11(12)4;/h5,8-9,13H,6-7H2,1-4H3;1H. The van der Waals surface area contributed by atoms with E-state index in [-0.39, 0.29) is 24.5 Å². The summed E-state index contributed by atoms with van der Waals surface area (Å²) in [4.78, 5) is 2.40. The Balaban J connectivity index is 0.00000180. The highest BCUT2D eigenvalue weighted by molar-refractivity contribution is 7.89. The lowest BCUT2D eigenvalue weighted by Crippen LogP contribution is -2.55. The molecule has 1 saturated heterocycles. The largest absolute Gasteiger partial charge is 0.309 e. The van der Waals surface area contributed by atoms with Gasteiger partial charge in [0.1, 0.15) is 0 Å². The molecule has 19 heavy (non-hydrogen) atoms. The van der Waals surface area contributed by atoms with Crippen LogP contribution in [0, 0.1) is 13.8 Å². The van der Waals surface area contributed by atoms with Crippen LogP contribution < -0.4 is 5.32 Å². The van der Waals surface area contributed by atoms with E-state index < -0.39 is 10.0 Å². The zero-order valence-corrected chi connectivity index (χ0v) is 14.1. The third-order valence-electron chi connectivity index (χ3n) is 3.14. The van der Waals surface area contributed by atoms with Gasteiger partial charge in [-0.1, -0.05) is 0 Å². The first kappa shape index (κ1) is 16.9. The van der Waals surface area contributed by atoms with Crippen LogP contribution in [0.3, 0.4) is 0 Å². The van der Waals surface area contributed by atoms with E-state index >= 15 is 0 Å². The van der Waals surface area contributed by atoms with E-state index in [0.29, 0.717) is 18.0 Å². The van der Waals surface area contributed by atoms with E-state index in [0.717, 1.165) is 9.75 Å². The van der Waals surface area contributed by atoms with Gasteiger partial charge in [0.2, 0.25) is 10.0 Å². The van der Waals surface area contributed by atoms with Crippen LogP contribution >= 0.6 is 23.7 Å². The molecule has 1 aromatic rings. The smallest absolute Gasteiger partial charge is 0.244 e. The highest BCUT2D eigenvalue weighted by atomic mass is 35.5. The summed E-state index contributed by atoms with van der Waals surface area (Å²) in [6.45, 7) is 8.94. The fourth-order valence-corrected chi connectivity index (χ4v) is 5.62. The van der Waals surface area contributed by atoms with E-state index in [1.165, 1.54) is 0 Å². The van der Waals surface area contributed by atoms with E-state index in [1.54, 1.807) is 21.7 Å². The first-order valence-corrected chi connectivity index (χ1v) is 8.39. The zero-order chi connectivity index (χ0) is 13.5. The minimum Gasteiger partial charge on any atom is -0.309 e. The molecule has 2 heterocycles. The molecule has 1 aliphatic rings. The number of piperazine rings is 1. The molecule has 0 bridgehead atoms. The van der Waals surface area contributed by atoms with E-state index in [9.17, 15) is 8.42 Å². The molecule has 1 aromatic heterocycles. The summed E-state index contributed by atoms with van der Waals surface area (Å²) < 4.78 is 26.8. The molecule has 110 valence electrons. The number of sulfonamides is 1. The van der Waals surface area contributed by atoms with Crippen LogP contribution in [-0.2, 0) is 10.0 Å². The Hall–Kier alpha value is -0.140. The van der Waals surface area contributed by atoms with Gasteiger partial charge < -0.3 is 5.32 Å². The fraction of sp³-hybridized carbons (Fsp3) is 0.667. The van der Waals surface area contributed by atoms with Crippen molar-refractivity contribution in [2.45, 2.75) is 44.7 Å². The van der Waals surface area contributed by atoms with Gasteiger partial charge in [-0.3, -0.25) is 0 Å². The second-order valence-corrected chi connectivity index (χ2v) is 8.44. The molecule has 1 N–H and O–H groups in total. The minimum absolute atomic E-state index is 0. The van der Waals surface area contributed by atoms with Crippen molar-refractivity contribution in [3.05, 3.63) is 15.8 Å². The lowest BCUT2D eigenvalue weighted by molar-refractivity contribution is 0.263. The Labute approximate surface area is 125 Å². The van der Waals surface area contributed by atoms with Crippen LogP contribution in [0.5, 0.6) is 0 Å². The molecule has 1 aliphatic heterocycles. The van der Waals surface area contributed by atoms with Crippen molar-refractivity contribution in [2.75, 3.05) is 13.1 Å². The molecule has 2 atom stereocenters. The number of aryl methyl sites for hydroxylation is 2.